The molecule has 2 aromatic heterocycles. The molecular weight excluding hydrogens is 310 g/mol. The van der Waals surface area contributed by atoms with Crippen molar-refractivity contribution >= 4 is 16.8 Å². The molecule has 2 heterocycles. The van der Waals surface area contributed by atoms with Gasteiger partial charge in [-0.05, 0) is 44.4 Å². The van der Waals surface area contributed by atoms with E-state index in [4.69, 9.17) is 13.9 Å². The van der Waals surface area contributed by atoms with E-state index >= 15 is 0 Å². The van der Waals surface area contributed by atoms with Crippen molar-refractivity contribution in [2.45, 2.75) is 19.7 Å². The van der Waals surface area contributed by atoms with E-state index in [9.17, 15) is 4.79 Å². The first-order chi connectivity index (χ1) is 11.6. The number of oxazole rings is 1. The molecule has 0 aliphatic carbocycles. The van der Waals surface area contributed by atoms with E-state index in [0.29, 0.717) is 24.4 Å². The summed E-state index contributed by atoms with van der Waals surface area (Å²) in [6, 6.07) is 9.10. The number of likely N-dealkylation sites (N-methyl/N-ethyl adjacent to an activating group) is 1. The van der Waals surface area contributed by atoms with Crippen molar-refractivity contribution in [2.75, 3.05) is 26.0 Å². The van der Waals surface area contributed by atoms with Crippen molar-refractivity contribution in [3.63, 3.8) is 0 Å². The molecule has 0 aliphatic heterocycles. The van der Waals surface area contributed by atoms with Crippen LogP contribution in [0, 0.1) is 0 Å². The first-order valence-electron chi connectivity index (χ1n) is 7.77. The number of nitrogens with zero attached hydrogens (tertiary/aromatic N) is 2. The number of rotatable bonds is 7. The number of aliphatic hydroxyl groups is 1. The fraction of sp³-hybridized carbons (Fsp3) is 0.353. The Bertz CT molecular complexity index is 875. The maximum atomic E-state index is 12.0. The summed E-state index contributed by atoms with van der Waals surface area (Å²) < 4.78 is 12.4. The van der Waals surface area contributed by atoms with Crippen LogP contribution in [0.15, 0.2) is 44.0 Å². The third-order valence-corrected chi connectivity index (χ3v) is 3.78. The monoisotopic (exact) mass is 331 g/mol. The van der Waals surface area contributed by atoms with Gasteiger partial charge in [0.05, 0.1) is 12.1 Å². The summed E-state index contributed by atoms with van der Waals surface area (Å²) in [6.45, 7) is 1.70. The summed E-state index contributed by atoms with van der Waals surface area (Å²) in [5.74, 6) is 0.925. The lowest BCUT2D eigenvalue weighted by Crippen LogP contribution is -2.23. The smallest absolute Gasteiger partial charge is 0.419 e. The van der Waals surface area contributed by atoms with Gasteiger partial charge in [-0.1, -0.05) is 0 Å². The molecule has 3 aromatic rings. The zero-order valence-corrected chi connectivity index (χ0v) is 13.8. The zero-order chi connectivity index (χ0) is 17.1. The lowest BCUT2D eigenvalue weighted by molar-refractivity contribution is 0.244. The fourth-order valence-corrected chi connectivity index (χ4v) is 2.48. The number of hydrogen-bond donors (Lipinski definition) is 2. The van der Waals surface area contributed by atoms with E-state index in [1.165, 1.54) is 0 Å². The first kappa shape index (κ1) is 16.4. The largest absolute Gasteiger partial charge is 0.462 e. The predicted octanol–water partition coefficient (Wildman–Crippen LogP) is 1.85. The molecule has 7 heteroatoms. The molecule has 1 aromatic carbocycles. The van der Waals surface area contributed by atoms with Crippen molar-refractivity contribution in [1.82, 2.24) is 9.47 Å². The summed E-state index contributed by atoms with van der Waals surface area (Å²) >= 11 is 0. The molecule has 7 nitrogen and oxygen atoms in total. The molecule has 3 rings (SSSR count). The normalized spacial score (nSPS) is 11.5. The van der Waals surface area contributed by atoms with E-state index in [1.54, 1.807) is 16.7 Å². The lowest BCUT2D eigenvalue weighted by Gasteiger charge is -2.10. The summed E-state index contributed by atoms with van der Waals surface area (Å²) in [7, 11) is 3.93. The SMILES string of the molecule is CN(C)CCn1c(=O)oc2ccc(NCc3ccc(CO)o3)cc21. The molecule has 2 N–H and O–H groups in total. The van der Waals surface area contributed by atoms with Gasteiger partial charge in [-0.3, -0.25) is 4.57 Å². The standard InChI is InChI=1S/C17H21N3O4/c1-19(2)7-8-20-15-9-12(3-6-16(15)24-17(20)22)18-10-13-4-5-14(11-21)23-13/h3-6,9,18,21H,7-8,10-11H2,1-2H3. The summed E-state index contributed by atoms with van der Waals surface area (Å²) in [5, 5.41) is 12.3. The minimum Gasteiger partial charge on any atom is -0.462 e. The second kappa shape index (κ2) is 6.94. The van der Waals surface area contributed by atoms with Crippen LogP contribution in [0.3, 0.4) is 0 Å². The molecule has 128 valence electrons. The van der Waals surface area contributed by atoms with Gasteiger partial charge in [0.1, 0.15) is 18.1 Å². The van der Waals surface area contributed by atoms with Gasteiger partial charge in [-0.25, -0.2) is 4.79 Å². The summed E-state index contributed by atoms with van der Waals surface area (Å²) in [4.78, 5) is 14.0. The number of aliphatic hydroxyl groups excluding tert-OH is 1. The van der Waals surface area contributed by atoms with Crippen molar-refractivity contribution in [2.24, 2.45) is 0 Å². The van der Waals surface area contributed by atoms with Crippen molar-refractivity contribution in [3.8, 4) is 0 Å². The van der Waals surface area contributed by atoms with Crippen molar-refractivity contribution in [1.29, 1.82) is 0 Å². The highest BCUT2D eigenvalue weighted by Crippen LogP contribution is 2.19. The molecule has 0 atom stereocenters. The van der Waals surface area contributed by atoms with Crippen LogP contribution in [0.5, 0.6) is 0 Å². The van der Waals surface area contributed by atoms with Gasteiger partial charge in [-0.15, -0.1) is 0 Å². The number of benzene rings is 1. The van der Waals surface area contributed by atoms with Crippen LogP contribution >= 0.6 is 0 Å². The minimum atomic E-state index is -0.345. The predicted molar refractivity (Wildman–Crippen MR) is 91.0 cm³/mol. The second-order valence-corrected chi connectivity index (χ2v) is 5.89. The van der Waals surface area contributed by atoms with Crippen LogP contribution in [0.1, 0.15) is 11.5 Å². The van der Waals surface area contributed by atoms with Gasteiger partial charge in [0.25, 0.3) is 0 Å². The Morgan fingerprint density at radius 2 is 1.96 bits per heavy atom. The molecule has 0 radical (unpaired) electrons. The van der Waals surface area contributed by atoms with Crippen LogP contribution in [0.2, 0.25) is 0 Å². The highest BCUT2D eigenvalue weighted by Gasteiger charge is 2.10. The molecular formula is C17H21N3O4. The molecule has 0 aliphatic rings. The van der Waals surface area contributed by atoms with Crippen LogP contribution in [-0.2, 0) is 19.7 Å². The van der Waals surface area contributed by atoms with E-state index in [-0.39, 0.29) is 12.4 Å². The molecule has 0 unspecified atom stereocenters. The number of furan rings is 1. The van der Waals surface area contributed by atoms with Crippen LogP contribution in [-0.4, -0.2) is 35.2 Å². The molecule has 0 saturated carbocycles. The Labute approximate surface area is 139 Å². The van der Waals surface area contributed by atoms with E-state index < -0.39 is 0 Å². The van der Waals surface area contributed by atoms with E-state index in [2.05, 4.69) is 5.32 Å². The Morgan fingerprint density at radius 3 is 2.67 bits per heavy atom. The second-order valence-electron chi connectivity index (χ2n) is 5.89. The molecule has 0 spiro atoms. The molecule has 0 fully saturated rings. The number of aromatic nitrogens is 1. The topological polar surface area (TPSA) is 83.8 Å². The minimum absolute atomic E-state index is 0.112. The van der Waals surface area contributed by atoms with Crippen LogP contribution < -0.4 is 11.1 Å². The average Bonchev–Trinajstić information content (AvgIpc) is 3.14. The van der Waals surface area contributed by atoms with Crippen LogP contribution in [0.25, 0.3) is 11.1 Å². The summed E-state index contributed by atoms with van der Waals surface area (Å²) in [6.07, 6.45) is 0. The van der Waals surface area contributed by atoms with Crippen molar-refractivity contribution in [3.05, 3.63) is 52.4 Å². The zero-order valence-electron chi connectivity index (χ0n) is 13.8. The van der Waals surface area contributed by atoms with Crippen molar-refractivity contribution < 1.29 is 13.9 Å². The van der Waals surface area contributed by atoms with Gasteiger partial charge < -0.3 is 24.2 Å². The highest BCUT2D eigenvalue weighted by molar-refractivity contribution is 5.77. The third kappa shape index (κ3) is 3.52. The van der Waals surface area contributed by atoms with Gasteiger partial charge in [0, 0.05) is 18.8 Å². The number of fused-ring (bicyclic) bond motifs is 1. The number of anilines is 1. The Hall–Kier alpha value is -2.51. The average molecular weight is 331 g/mol. The van der Waals surface area contributed by atoms with E-state index in [1.807, 2.05) is 37.2 Å². The van der Waals surface area contributed by atoms with Gasteiger partial charge in [0.15, 0.2) is 5.58 Å². The lowest BCUT2D eigenvalue weighted by atomic mass is 10.2. The maximum Gasteiger partial charge on any atom is 0.419 e. The summed E-state index contributed by atoms with van der Waals surface area (Å²) in [5.41, 5.74) is 2.20. The Kier molecular flexibility index (Phi) is 4.73. The quantitative estimate of drug-likeness (QED) is 0.687. The molecule has 24 heavy (non-hydrogen) atoms. The third-order valence-electron chi connectivity index (χ3n) is 3.78. The maximum absolute atomic E-state index is 12.0. The first-order valence-corrected chi connectivity index (χ1v) is 7.77. The number of hydrogen-bond acceptors (Lipinski definition) is 6. The van der Waals surface area contributed by atoms with Gasteiger partial charge >= 0.3 is 5.76 Å². The Balaban J connectivity index is 1.79. The van der Waals surface area contributed by atoms with E-state index in [0.717, 1.165) is 23.5 Å². The molecule has 0 saturated heterocycles. The van der Waals surface area contributed by atoms with Gasteiger partial charge in [-0.2, -0.15) is 0 Å². The van der Waals surface area contributed by atoms with Gasteiger partial charge in [0.2, 0.25) is 0 Å². The van der Waals surface area contributed by atoms with Crippen LogP contribution in [0.4, 0.5) is 5.69 Å². The fourth-order valence-electron chi connectivity index (χ4n) is 2.48. The Morgan fingerprint density at radius 1 is 1.17 bits per heavy atom. The highest BCUT2D eigenvalue weighted by atomic mass is 16.4. The molecule has 0 amide bonds. The number of nitrogens with one attached hydrogen (secondary N) is 1. The molecule has 0 bridgehead atoms.